The van der Waals surface area contributed by atoms with Crippen molar-refractivity contribution in [3.8, 4) is 0 Å². The third kappa shape index (κ3) is 3.59. The van der Waals surface area contributed by atoms with Crippen LogP contribution in [0.25, 0.3) is 0 Å². The summed E-state index contributed by atoms with van der Waals surface area (Å²) in [7, 11) is 0. The fourth-order valence-corrected chi connectivity index (χ4v) is 5.32. The predicted octanol–water partition coefficient (Wildman–Crippen LogP) is 5.15. The Morgan fingerprint density at radius 2 is 1.15 bits per heavy atom. The van der Waals surface area contributed by atoms with Crippen molar-refractivity contribution in [1.82, 2.24) is 5.32 Å². The van der Waals surface area contributed by atoms with Crippen molar-refractivity contribution < 1.29 is 0 Å². The van der Waals surface area contributed by atoms with Gasteiger partial charge in [0.2, 0.25) is 0 Å². The lowest BCUT2D eigenvalue weighted by Gasteiger charge is -2.41. The zero-order valence-corrected chi connectivity index (χ0v) is 13.7. The second kappa shape index (κ2) is 6.81. The monoisotopic (exact) mass is 277 g/mol. The minimum absolute atomic E-state index is 0.770. The molecule has 3 rings (SSSR count). The Hall–Kier alpha value is -0.0400. The van der Waals surface area contributed by atoms with Gasteiger partial charge in [-0.3, -0.25) is 0 Å². The lowest BCUT2D eigenvalue weighted by atomic mass is 9.68. The van der Waals surface area contributed by atoms with Crippen molar-refractivity contribution >= 4 is 0 Å². The summed E-state index contributed by atoms with van der Waals surface area (Å²) >= 11 is 0. The summed E-state index contributed by atoms with van der Waals surface area (Å²) in [5.41, 5.74) is 0. The van der Waals surface area contributed by atoms with Crippen LogP contribution >= 0.6 is 0 Å². The van der Waals surface area contributed by atoms with Crippen LogP contribution in [-0.4, -0.2) is 12.1 Å². The fraction of sp³-hybridized carbons (Fsp3) is 1.00. The van der Waals surface area contributed by atoms with E-state index in [1.807, 2.05) is 0 Å². The summed E-state index contributed by atoms with van der Waals surface area (Å²) in [6, 6.07) is 1.62. The molecule has 1 N–H and O–H groups in total. The Balaban J connectivity index is 1.44. The Morgan fingerprint density at radius 1 is 0.600 bits per heavy atom. The minimum Gasteiger partial charge on any atom is -0.311 e. The summed E-state index contributed by atoms with van der Waals surface area (Å²) in [5, 5.41) is 3.89. The molecule has 1 heterocycles. The van der Waals surface area contributed by atoms with Crippen molar-refractivity contribution in [1.29, 1.82) is 0 Å². The molecule has 2 atom stereocenters. The summed E-state index contributed by atoms with van der Waals surface area (Å²) in [5.74, 6) is 4.18. The summed E-state index contributed by atoms with van der Waals surface area (Å²) in [4.78, 5) is 0. The first-order valence-corrected chi connectivity index (χ1v) is 9.48. The highest BCUT2D eigenvalue weighted by atomic mass is 15.0. The zero-order chi connectivity index (χ0) is 13.9. The molecule has 2 aliphatic carbocycles. The average Bonchev–Trinajstić information content (AvgIpc) is 2.48. The standard InChI is InChI=1S/C19H35N/c1-14-6-8-16(9-7-14)17-10-12-18(13-11-17)19-5-3-4-15(2)20-19/h14-20H,3-13H2,1-2H3. The van der Waals surface area contributed by atoms with E-state index in [1.54, 1.807) is 0 Å². The topological polar surface area (TPSA) is 12.0 Å². The first-order chi connectivity index (χ1) is 9.72. The Kier molecular flexibility index (Phi) is 5.07. The van der Waals surface area contributed by atoms with E-state index >= 15 is 0 Å². The van der Waals surface area contributed by atoms with Crippen molar-refractivity contribution in [2.45, 2.75) is 96.6 Å². The molecule has 3 aliphatic rings. The lowest BCUT2D eigenvalue weighted by molar-refractivity contribution is 0.124. The number of nitrogens with one attached hydrogen (secondary N) is 1. The van der Waals surface area contributed by atoms with E-state index in [1.165, 1.54) is 70.6 Å². The zero-order valence-electron chi connectivity index (χ0n) is 13.7. The quantitative estimate of drug-likeness (QED) is 0.736. The predicted molar refractivity (Wildman–Crippen MR) is 86.8 cm³/mol. The molecule has 0 bridgehead atoms. The Labute approximate surface area is 126 Å². The van der Waals surface area contributed by atoms with Crippen molar-refractivity contribution in [2.24, 2.45) is 23.7 Å². The first kappa shape index (κ1) is 14.9. The molecule has 1 nitrogen and oxygen atoms in total. The number of rotatable bonds is 2. The molecule has 0 aromatic rings. The molecule has 0 amide bonds. The van der Waals surface area contributed by atoms with Crippen LogP contribution in [0.4, 0.5) is 0 Å². The third-order valence-electron chi connectivity index (χ3n) is 6.76. The van der Waals surface area contributed by atoms with E-state index < -0.39 is 0 Å². The van der Waals surface area contributed by atoms with Crippen LogP contribution < -0.4 is 5.32 Å². The average molecular weight is 277 g/mol. The molecule has 1 aliphatic heterocycles. The van der Waals surface area contributed by atoms with Crippen LogP contribution in [0.2, 0.25) is 0 Å². The number of piperidine rings is 1. The van der Waals surface area contributed by atoms with Gasteiger partial charge in [0.05, 0.1) is 0 Å². The summed E-state index contributed by atoms with van der Waals surface area (Å²) in [6.07, 6.45) is 16.5. The van der Waals surface area contributed by atoms with Crippen LogP contribution in [0, 0.1) is 23.7 Å². The van der Waals surface area contributed by atoms with Gasteiger partial charge < -0.3 is 5.32 Å². The van der Waals surface area contributed by atoms with Gasteiger partial charge in [0.15, 0.2) is 0 Å². The molecule has 1 saturated heterocycles. The second-order valence-corrected chi connectivity index (χ2v) is 8.30. The second-order valence-electron chi connectivity index (χ2n) is 8.30. The van der Waals surface area contributed by atoms with Gasteiger partial charge in [-0.2, -0.15) is 0 Å². The van der Waals surface area contributed by atoms with E-state index in [0.717, 1.165) is 35.8 Å². The molecule has 0 spiro atoms. The highest BCUT2D eigenvalue weighted by molar-refractivity contribution is 4.88. The van der Waals surface area contributed by atoms with Crippen molar-refractivity contribution in [3.63, 3.8) is 0 Å². The molecule has 0 radical (unpaired) electrons. The van der Waals surface area contributed by atoms with Gasteiger partial charge >= 0.3 is 0 Å². The van der Waals surface area contributed by atoms with Crippen LogP contribution in [-0.2, 0) is 0 Å². The van der Waals surface area contributed by atoms with Gasteiger partial charge in [-0.05, 0) is 82.0 Å². The molecule has 0 aromatic carbocycles. The first-order valence-electron chi connectivity index (χ1n) is 9.48. The van der Waals surface area contributed by atoms with Gasteiger partial charge in [0, 0.05) is 12.1 Å². The molecular weight excluding hydrogens is 242 g/mol. The largest absolute Gasteiger partial charge is 0.311 e. The smallest absolute Gasteiger partial charge is 0.00978 e. The molecule has 3 fully saturated rings. The lowest BCUT2D eigenvalue weighted by Crippen LogP contribution is -2.46. The van der Waals surface area contributed by atoms with Gasteiger partial charge in [-0.15, -0.1) is 0 Å². The number of hydrogen-bond acceptors (Lipinski definition) is 1. The maximum absolute atomic E-state index is 3.89. The van der Waals surface area contributed by atoms with Gasteiger partial charge in [0.1, 0.15) is 0 Å². The molecule has 20 heavy (non-hydrogen) atoms. The Morgan fingerprint density at radius 3 is 1.75 bits per heavy atom. The third-order valence-corrected chi connectivity index (χ3v) is 6.76. The molecule has 0 aromatic heterocycles. The molecule has 1 heteroatoms. The van der Waals surface area contributed by atoms with Crippen molar-refractivity contribution in [2.75, 3.05) is 0 Å². The summed E-state index contributed by atoms with van der Waals surface area (Å²) in [6.45, 7) is 4.82. The summed E-state index contributed by atoms with van der Waals surface area (Å²) < 4.78 is 0. The van der Waals surface area contributed by atoms with Crippen LogP contribution in [0.5, 0.6) is 0 Å². The van der Waals surface area contributed by atoms with Crippen LogP contribution in [0.1, 0.15) is 84.5 Å². The van der Waals surface area contributed by atoms with E-state index in [4.69, 9.17) is 0 Å². The van der Waals surface area contributed by atoms with Gasteiger partial charge in [0.25, 0.3) is 0 Å². The highest BCUT2D eigenvalue weighted by Crippen LogP contribution is 2.42. The van der Waals surface area contributed by atoms with Crippen molar-refractivity contribution in [3.05, 3.63) is 0 Å². The van der Waals surface area contributed by atoms with E-state index in [0.29, 0.717) is 0 Å². The van der Waals surface area contributed by atoms with E-state index in [9.17, 15) is 0 Å². The molecule has 116 valence electrons. The maximum atomic E-state index is 3.89. The Bertz CT molecular complexity index is 284. The normalized spacial score (nSPS) is 47.1. The van der Waals surface area contributed by atoms with Gasteiger partial charge in [-0.1, -0.05) is 26.2 Å². The van der Waals surface area contributed by atoms with Gasteiger partial charge in [-0.25, -0.2) is 0 Å². The minimum atomic E-state index is 0.770. The molecular formula is C19H35N. The van der Waals surface area contributed by atoms with Crippen LogP contribution in [0.15, 0.2) is 0 Å². The fourth-order valence-electron chi connectivity index (χ4n) is 5.32. The maximum Gasteiger partial charge on any atom is 0.00978 e. The highest BCUT2D eigenvalue weighted by Gasteiger charge is 2.33. The number of hydrogen-bond donors (Lipinski definition) is 1. The van der Waals surface area contributed by atoms with E-state index in [-0.39, 0.29) is 0 Å². The van der Waals surface area contributed by atoms with Crippen LogP contribution in [0.3, 0.4) is 0 Å². The van der Waals surface area contributed by atoms with E-state index in [2.05, 4.69) is 19.2 Å². The molecule has 2 saturated carbocycles. The molecule has 2 unspecified atom stereocenters. The SMILES string of the molecule is CC1CCC(C2CCC(C3CCCC(C)N3)CC2)CC1.